The Labute approximate surface area is 174 Å². The third-order valence-electron chi connectivity index (χ3n) is 3.39. The van der Waals surface area contributed by atoms with Gasteiger partial charge in [-0.1, -0.05) is 41.4 Å². The number of methoxy groups -OCH3 is 1. The maximum atomic E-state index is 6.21. The minimum atomic E-state index is 0.254. The van der Waals surface area contributed by atoms with Crippen molar-refractivity contribution in [1.29, 1.82) is 0 Å². The summed E-state index contributed by atoms with van der Waals surface area (Å²) in [5.41, 5.74) is 4.26. The Bertz CT molecular complexity index is 844. The van der Waals surface area contributed by atoms with Crippen molar-refractivity contribution in [3.05, 3.63) is 70.2 Å². The number of rotatable bonds is 8. The number of halogens is 2. The maximum absolute atomic E-state index is 6.21. The first kappa shape index (κ1) is 21.0. The van der Waals surface area contributed by atoms with Gasteiger partial charge in [0, 0.05) is 27.7 Å². The Morgan fingerprint density at radius 3 is 2.81 bits per heavy atom. The Balaban J connectivity index is 2.14. The van der Waals surface area contributed by atoms with Crippen LogP contribution in [0, 0.1) is 0 Å². The molecule has 0 saturated heterocycles. The second kappa shape index (κ2) is 10.8. The van der Waals surface area contributed by atoms with Gasteiger partial charge in [-0.25, -0.2) is 0 Å². The van der Waals surface area contributed by atoms with Gasteiger partial charge in [0.15, 0.2) is 16.6 Å². The SMILES string of the molecule is C=CCNC(=S)NN=Cc1cccc(OC)c1OCc1ccc(Cl)cc1Cl. The number of hydrazone groups is 1. The highest BCUT2D eigenvalue weighted by molar-refractivity contribution is 7.80. The number of ether oxygens (including phenoxy) is 2. The smallest absolute Gasteiger partial charge is 0.187 e. The Morgan fingerprint density at radius 1 is 1.30 bits per heavy atom. The lowest BCUT2D eigenvalue weighted by Gasteiger charge is -2.14. The summed E-state index contributed by atoms with van der Waals surface area (Å²) >= 11 is 17.2. The molecule has 27 heavy (non-hydrogen) atoms. The van der Waals surface area contributed by atoms with E-state index in [1.807, 2.05) is 18.2 Å². The van der Waals surface area contributed by atoms with Gasteiger partial charge in [0.1, 0.15) is 6.61 Å². The minimum Gasteiger partial charge on any atom is -0.493 e. The van der Waals surface area contributed by atoms with Crippen LogP contribution >= 0.6 is 35.4 Å². The summed E-state index contributed by atoms with van der Waals surface area (Å²) in [5.74, 6) is 1.12. The lowest BCUT2D eigenvalue weighted by atomic mass is 10.2. The zero-order chi connectivity index (χ0) is 19.6. The van der Waals surface area contributed by atoms with Crippen LogP contribution < -0.4 is 20.2 Å². The summed E-state index contributed by atoms with van der Waals surface area (Å²) < 4.78 is 11.3. The van der Waals surface area contributed by atoms with Crippen molar-refractivity contribution in [3.8, 4) is 11.5 Å². The highest BCUT2D eigenvalue weighted by atomic mass is 35.5. The summed E-state index contributed by atoms with van der Waals surface area (Å²) in [4.78, 5) is 0. The van der Waals surface area contributed by atoms with Crippen molar-refractivity contribution in [2.24, 2.45) is 5.10 Å². The predicted molar refractivity (Wildman–Crippen MR) is 115 cm³/mol. The average molecular weight is 424 g/mol. The first-order valence-corrected chi connectivity index (χ1v) is 9.13. The van der Waals surface area contributed by atoms with Crippen LogP contribution in [0.1, 0.15) is 11.1 Å². The molecule has 0 spiro atoms. The molecule has 2 aromatic rings. The molecule has 2 N–H and O–H groups in total. The van der Waals surface area contributed by atoms with Crippen LogP contribution in [-0.2, 0) is 6.61 Å². The summed E-state index contributed by atoms with van der Waals surface area (Å²) in [6, 6.07) is 10.8. The van der Waals surface area contributed by atoms with Gasteiger partial charge >= 0.3 is 0 Å². The molecule has 0 aliphatic rings. The van der Waals surface area contributed by atoms with E-state index in [-0.39, 0.29) is 6.61 Å². The third-order valence-corrected chi connectivity index (χ3v) is 4.22. The lowest BCUT2D eigenvalue weighted by molar-refractivity contribution is 0.284. The molecule has 0 unspecified atom stereocenters. The number of benzene rings is 2. The second-order valence-electron chi connectivity index (χ2n) is 5.27. The molecule has 0 aromatic heterocycles. The van der Waals surface area contributed by atoms with Gasteiger partial charge in [-0.3, -0.25) is 5.43 Å². The lowest BCUT2D eigenvalue weighted by Crippen LogP contribution is -2.31. The van der Waals surface area contributed by atoms with Gasteiger partial charge in [0.05, 0.1) is 13.3 Å². The van der Waals surface area contributed by atoms with Gasteiger partial charge in [-0.2, -0.15) is 5.10 Å². The maximum Gasteiger partial charge on any atom is 0.187 e. The fourth-order valence-electron chi connectivity index (χ4n) is 2.10. The molecule has 0 bridgehead atoms. The van der Waals surface area contributed by atoms with Crippen molar-refractivity contribution in [1.82, 2.24) is 10.7 Å². The molecular weight excluding hydrogens is 405 g/mol. The zero-order valence-electron chi connectivity index (χ0n) is 14.7. The Kier molecular flexibility index (Phi) is 8.39. The van der Waals surface area contributed by atoms with E-state index in [0.29, 0.717) is 33.2 Å². The van der Waals surface area contributed by atoms with Crippen molar-refractivity contribution >= 4 is 46.7 Å². The van der Waals surface area contributed by atoms with Crippen LogP contribution in [0.5, 0.6) is 11.5 Å². The van der Waals surface area contributed by atoms with E-state index in [0.717, 1.165) is 11.1 Å². The van der Waals surface area contributed by atoms with Gasteiger partial charge in [0.25, 0.3) is 0 Å². The van der Waals surface area contributed by atoms with E-state index < -0.39 is 0 Å². The predicted octanol–water partition coefficient (Wildman–Crippen LogP) is 4.57. The molecule has 0 fully saturated rings. The van der Waals surface area contributed by atoms with E-state index >= 15 is 0 Å². The van der Waals surface area contributed by atoms with Crippen molar-refractivity contribution in [2.75, 3.05) is 13.7 Å². The highest BCUT2D eigenvalue weighted by Gasteiger charge is 2.11. The fraction of sp³-hybridized carbons (Fsp3) is 0.158. The van der Waals surface area contributed by atoms with Crippen LogP contribution in [-0.4, -0.2) is 25.0 Å². The normalized spacial score (nSPS) is 10.5. The van der Waals surface area contributed by atoms with Gasteiger partial charge in [-0.05, 0) is 36.5 Å². The number of nitrogens with zero attached hydrogens (tertiary/aromatic N) is 1. The number of thiocarbonyl (C=S) groups is 1. The highest BCUT2D eigenvalue weighted by Crippen LogP contribution is 2.31. The van der Waals surface area contributed by atoms with Crippen LogP contribution in [0.25, 0.3) is 0 Å². The van der Waals surface area contributed by atoms with Crippen molar-refractivity contribution in [3.63, 3.8) is 0 Å². The summed E-state index contributed by atoms with van der Waals surface area (Å²) in [7, 11) is 1.57. The third kappa shape index (κ3) is 6.43. The molecule has 0 aliphatic heterocycles. The molecule has 2 rings (SSSR count). The van der Waals surface area contributed by atoms with Gasteiger partial charge in [0.2, 0.25) is 0 Å². The quantitative estimate of drug-likeness (QED) is 0.282. The number of hydrogen-bond acceptors (Lipinski definition) is 4. The van der Waals surface area contributed by atoms with Gasteiger partial charge in [-0.15, -0.1) is 6.58 Å². The zero-order valence-corrected chi connectivity index (χ0v) is 17.0. The van der Waals surface area contributed by atoms with Gasteiger partial charge < -0.3 is 14.8 Å². The largest absolute Gasteiger partial charge is 0.493 e. The first-order valence-electron chi connectivity index (χ1n) is 7.96. The van der Waals surface area contributed by atoms with Crippen LogP contribution in [0.3, 0.4) is 0 Å². The molecule has 0 radical (unpaired) electrons. The monoisotopic (exact) mass is 423 g/mol. The molecule has 0 aliphatic carbocycles. The van der Waals surface area contributed by atoms with E-state index in [2.05, 4.69) is 22.4 Å². The molecule has 8 heteroatoms. The number of para-hydroxylation sites is 1. The Hall–Kier alpha value is -2.28. The van der Waals surface area contributed by atoms with E-state index in [1.165, 1.54) is 0 Å². The summed E-state index contributed by atoms with van der Waals surface area (Å²) in [5, 5.41) is 8.54. The molecular formula is C19H19Cl2N3O2S. The van der Waals surface area contributed by atoms with Crippen LogP contribution in [0.4, 0.5) is 0 Å². The second-order valence-corrected chi connectivity index (χ2v) is 6.52. The topological polar surface area (TPSA) is 54.9 Å². The fourth-order valence-corrected chi connectivity index (χ4v) is 2.70. The molecule has 0 heterocycles. The molecule has 142 valence electrons. The molecule has 5 nitrogen and oxygen atoms in total. The van der Waals surface area contributed by atoms with Crippen molar-refractivity contribution < 1.29 is 9.47 Å². The van der Waals surface area contributed by atoms with Crippen LogP contribution in [0.15, 0.2) is 54.2 Å². The summed E-state index contributed by atoms with van der Waals surface area (Å²) in [6.45, 7) is 4.42. The first-order chi connectivity index (χ1) is 13.0. The molecule has 0 amide bonds. The summed E-state index contributed by atoms with van der Waals surface area (Å²) in [6.07, 6.45) is 3.30. The number of hydrogen-bond donors (Lipinski definition) is 2. The molecule has 0 saturated carbocycles. The van der Waals surface area contributed by atoms with E-state index in [4.69, 9.17) is 44.9 Å². The average Bonchev–Trinajstić information content (AvgIpc) is 2.66. The van der Waals surface area contributed by atoms with Crippen LogP contribution in [0.2, 0.25) is 10.0 Å². The molecule has 0 atom stereocenters. The van der Waals surface area contributed by atoms with Crippen molar-refractivity contribution in [2.45, 2.75) is 6.61 Å². The standard InChI is InChI=1S/C19H19Cl2N3O2S/c1-3-9-22-19(27)24-23-11-13-5-4-6-17(25-2)18(13)26-12-14-7-8-15(20)10-16(14)21/h3-8,10-11H,1,9,12H2,2H3,(H2,22,24,27). The number of nitrogens with one attached hydrogen (secondary N) is 2. The van der Waals surface area contributed by atoms with E-state index in [1.54, 1.807) is 37.6 Å². The minimum absolute atomic E-state index is 0.254. The van der Waals surface area contributed by atoms with E-state index in [9.17, 15) is 0 Å². The molecule has 2 aromatic carbocycles. The Morgan fingerprint density at radius 2 is 2.11 bits per heavy atom.